The molecule has 3 atom stereocenters. The number of nitrogens with zero attached hydrogens (tertiary/aromatic N) is 4. The minimum absolute atomic E-state index is 0.0143. The number of anilines is 2. The average Bonchev–Trinajstić information content (AvgIpc) is 3.61. The van der Waals surface area contributed by atoms with Gasteiger partial charge in [0.2, 0.25) is 0 Å². The molecule has 0 bridgehead atoms. The van der Waals surface area contributed by atoms with Gasteiger partial charge in [0.1, 0.15) is 29.0 Å². The van der Waals surface area contributed by atoms with Gasteiger partial charge in [-0.3, -0.25) is 4.79 Å². The number of aromatic nitrogens is 3. The van der Waals surface area contributed by atoms with Crippen molar-refractivity contribution in [2.75, 3.05) is 18.3 Å². The topological polar surface area (TPSA) is 185 Å². The zero-order chi connectivity index (χ0) is 45.7. The maximum Gasteiger partial charge on any atom is 0.424 e. The van der Waals surface area contributed by atoms with Gasteiger partial charge in [-0.2, -0.15) is 4.98 Å². The van der Waals surface area contributed by atoms with Crippen LogP contribution in [0.1, 0.15) is 72.4 Å². The van der Waals surface area contributed by atoms with Gasteiger partial charge in [0.25, 0.3) is 12.2 Å². The molecule has 5 aromatic rings. The Kier molecular flexibility index (Phi) is 14.4. The van der Waals surface area contributed by atoms with Crippen molar-refractivity contribution < 1.29 is 50.9 Å². The number of pyridine rings is 1. The number of hydrogen-bond donors (Lipinski definition) is 1. The first-order chi connectivity index (χ1) is 29.0. The molecule has 1 unspecified atom stereocenters. The molecule has 0 fully saturated rings. The normalized spacial score (nSPS) is 13.3. The van der Waals surface area contributed by atoms with E-state index in [1.54, 1.807) is 85.9 Å². The minimum atomic E-state index is -3.69. The van der Waals surface area contributed by atoms with Crippen LogP contribution in [-0.4, -0.2) is 78.3 Å². The molecule has 0 aliphatic carbocycles. The van der Waals surface area contributed by atoms with Crippen LogP contribution in [0.2, 0.25) is 0 Å². The van der Waals surface area contributed by atoms with Crippen LogP contribution >= 0.6 is 0 Å². The molecule has 2 heterocycles. The van der Waals surface area contributed by atoms with E-state index in [1.807, 2.05) is 24.3 Å². The second-order valence-electron chi connectivity index (χ2n) is 16.5. The number of rotatable bonds is 15. The molecule has 0 aliphatic rings. The number of nitrogens with one attached hydrogen (secondary N) is 1. The SMILES string of the molecule is COc1cc(S(C)(=O)=O)ccc1N(C(=O)OC(OC(=O)[C@@H](NC(=O)OC(C)(C)C)C(C)C)C(C)C)c1nc2ccc(-c3ccc(CC(=O)[C@H](C)c4ccc(F)cc4)cc3)cn2n1. The van der Waals surface area contributed by atoms with Crippen LogP contribution in [0.4, 0.5) is 25.6 Å². The highest BCUT2D eigenvalue weighted by Gasteiger charge is 2.35. The Morgan fingerprint density at radius 2 is 1.50 bits per heavy atom. The predicted molar refractivity (Wildman–Crippen MR) is 229 cm³/mol. The number of benzene rings is 3. The van der Waals surface area contributed by atoms with Crippen molar-refractivity contribution in [3.63, 3.8) is 0 Å². The van der Waals surface area contributed by atoms with Gasteiger partial charge in [0, 0.05) is 42.3 Å². The number of ketones is 1. The van der Waals surface area contributed by atoms with Crippen LogP contribution < -0.4 is 15.0 Å². The number of amides is 2. The quantitative estimate of drug-likeness (QED) is 0.0787. The summed E-state index contributed by atoms with van der Waals surface area (Å²) in [6, 6.07) is 19.5. The third-order valence-corrected chi connectivity index (χ3v) is 10.7. The Morgan fingerprint density at radius 3 is 2.08 bits per heavy atom. The van der Waals surface area contributed by atoms with E-state index in [4.69, 9.17) is 18.9 Å². The molecule has 0 radical (unpaired) electrons. The standard InChI is InChI=1S/C45H52FN5O10S/c1-26(2)39(48-43(54)61-45(6,7)8)40(53)59-41(27(3)4)60-44(55)51(35-21-20-34(62(10,56)57)24-37(35)58-9)42-47-38-22-17-32(25-50(38)49-42)31-13-11-29(12-14-31)23-36(52)28(5)30-15-18-33(46)19-16-30/h11-22,24-28,39,41H,23H2,1-10H3,(H,48,54)/t28-,39+,41?/m1/s1. The Labute approximate surface area is 360 Å². The Hall–Kier alpha value is -6.36. The van der Waals surface area contributed by atoms with Crippen molar-refractivity contribution in [2.24, 2.45) is 11.8 Å². The number of Topliss-reactive ketones (excluding diaryl/α,β-unsaturated/α-hetero) is 1. The van der Waals surface area contributed by atoms with E-state index in [1.165, 1.54) is 42.0 Å². The van der Waals surface area contributed by atoms with Crippen molar-refractivity contribution in [2.45, 2.75) is 90.6 Å². The van der Waals surface area contributed by atoms with Gasteiger partial charge in [-0.25, -0.2) is 36.6 Å². The first-order valence-electron chi connectivity index (χ1n) is 19.9. The number of fused-ring (bicyclic) bond motifs is 1. The van der Waals surface area contributed by atoms with Gasteiger partial charge in [0.05, 0.1) is 17.7 Å². The summed E-state index contributed by atoms with van der Waals surface area (Å²) in [6.07, 6.45) is -0.503. The third-order valence-electron chi connectivity index (χ3n) is 9.63. The van der Waals surface area contributed by atoms with Crippen molar-refractivity contribution in [3.8, 4) is 16.9 Å². The summed E-state index contributed by atoms with van der Waals surface area (Å²) in [5.74, 6) is -2.93. The summed E-state index contributed by atoms with van der Waals surface area (Å²) in [5.41, 5.74) is 2.56. The number of esters is 1. The minimum Gasteiger partial charge on any atom is -0.495 e. The first kappa shape index (κ1) is 46.7. The fourth-order valence-corrected chi connectivity index (χ4v) is 6.81. The Morgan fingerprint density at radius 1 is 0.855 bits per heavy atom. The van der Waals surface area contributed by atoms with E-state index in [0.29, 0.717) is 5.65 Å². The lowest BCUT2D eigenvalue weighted by molar-refractivity contribution is -0.178. The monoisotopic (exact) mass is 873 g/mol. The van der Waals surface area contributed by atoms with Gasteiger partial charge >= 0.3 is 18.2 Å². The molecule has 15 nitrogen and oxygen atoms in total. The first-order valence-corrected chi connectivity index (χ1v) is 21.8. The molecule has 17 heteroatoms. The molecule has 0 saturated carbocycles. The Bertz CT molecular complexity index is 2530. The maximum absolute atomic E-state index is 14.4. The van der Waals surface area contributed by atoms with Crippen LogP contribution in [-0.2, 0) is 40.1 Å². The van der Waals surface area contributed by atoms with Gasteiger partial charge in [-0.15, -0.1) is 5.10 Å². The summed E-state index contributed by atoms with van der Waals surface area (Å²) in [5, 5.41) is 7.13. The maximum atomic E-state index is 14.4. The molecule has 0 spiro atoms. The fraction of sp³-hybridized carbons (Fsp3) is 0.378. The lowest BCUT2D eigenvalue weighted by atomic mass is 9.92. The number of sulfone groups is 1. The molecule has 2 aromatic heterocycles. The van der Waals surface area contributed by atoms with Crippen LogP contribution in [0.3, 0.4) is 0 Å². The van der Waals surface area contributed by atoms with Crippen LogP contribution in [0.5, 0.6) is 5.75 Å². The summed E-state index contributed by atoms with van der Waals surface area (Å²) in [4.78, 5) is 59.0. The molecule has 3 aromatic carbocycles. The zero-order valence-electron chi connectivity index (χ0n) is 36.3. The van der Waals surface area contributed by atoms with Crippen LogP contribution in [0.25, 0.3) is 16.8 Å². The van der Waals surface area contributed by atoms with Crippen LogP contribution in [0.15, 0.2) is 90.0 Å². The third kappa shape index (κ3) is 11.7. The highest BCUT2D eigenvalue weighted by molar-refractivity contribution is 7.90. The van der Waals surface area contributed by atoms with Crippen LogP contribution in [0, 0.1) is 17.7 Å². The van der Waals surface area contributed by atoms with Crippen molar-refractivity contribution in [1.82, 2.24) is 19.9 Å². The Balaban J connectivity index is 1.44. The molecule has 2 amide bonds. The molecule has 0 saturated heterocycles. The number of alkyl carbamates (subject to hydrolysis) is 1. The van der Waals surface area contributed by atoms with E-state index in [0.717, 1.165) is 33.4 Å². The molecule has 1 N–H and O–H groups in total. The molecule has 5 rings (SSSR count). The highest BCUT2D eigenvalue weighted by Crippen LogP contribution is 2.36. The molecular weight excluding hydrogens is 822 g/mol. The molecule has 62 heavy (non-hydrogen) atoms. The number of hydrogen-bond acceptors (Lipinski definition) is 12. The summed E-state index contributed by atoms with van der Waals surface area (Å²) in [7, 11) is -2.39. The largest absolute Gasteiger partial charge is 0.495 e. The lowest BCUT2D eigenvalue weighted by Crippen LogP contribution is -2.49. The van der Waals surface area contributed by atoms with Crippen molar-refractivity contribution in [1.29, 1.82) is 0 Å². The number of ether oxygens (including phenoxy) is 4. The van der Waals surface area contributed by atoms with E-state index in [-0.39, 0.29) is 40.3 Å². The fourth-order valence-electron chi connectivity index (χ4n) is 6.17. The zero-order valence-corrected chi connectivity index (χ0v) is 37.2. The van der Waals surface area contributed by atoms with E-state index in [2.05, 4.69) is 15.4 Å². The van der Waals surface area contributed by atoms with E-state index < -0.39 is 63.7 Å². The second kappa shape index (κ2) is 19.1. The average molecular weight is 874 g/mol. The highest BCUT2D eigenvalue weighted by atomic mass is 32.2. The number of carbonyl (C=O) groups is 4. The number of methoxy groups -OCH3 is 1. The number of halogens is 1. The lowest BCUT2D eigenvalue weighted by Gasteiger charge is -2.29. The van der Waals surface area contributed by atoms with Gasteiger partial charge in [0.15, 0.2) is 15.5 Å². The summed E-state index contributed by atoms with van der Waals surface area (Å²) >= 11 is 0. The number of carbonyl (C=O) groups excluding carboxylic acids is 4. The molecule has 330 valence electrons. The smallest absolute Gasteiger partial charge is 0.424 e. The molecule has 0 aliphatic heterocycles. The van der Waals surface area contributed by atoms with E-state index in [9.17, 15) is 32.0 Å². The van der Waals surface area contributed by atoms with Gasteiger partial charge in [-0.05, 0) is 79.8 Å². The second-order valence-corrected chi connectivity index (χ2v) is 18.5. The van der Waals surface area contributed by atoms with E-state index >= 15 is 0 Å². The predicted octanol–water partition coefficient (Wildman–Crippen LogP) is 8.21. The van der Waals surface area contributed by atoms with Crippen molar-refractivity contribution in [3.05, 3.63) is 102 Å². The summed E-state index contributed by atoms with van der Waals surface area (Å²) in [6.45, 7) is 13.6. The van der Waals surface area contributed by atoms with Gasteiger partial charge in [-0.1, -0.05) is 71.0 Å². The van der Waals surface area contributed by atoms with Gasteiger partial charge < -0.3 is 24.3 Å². The molecular formula is C45H52FN5O10S. The summed E-state index contributed by atoms with van der Waals surface area (Å²) < 4.78 is 62.2. The van der Waals surface area contributed by atoms with Crippen molar-refractivity contribution >= 4 is 51.1 Å².